The van der Waals surface area contributed by atoms with E-state index in [-0.39, 0.29) is 11.6 Å². The summed E-state index contributed by atoms with van der Waals surface area (Å²) >= 11 is 1.98. The Labute approximate surface area is 113 Å². The fourth-order valence-electron chi connectivity index (χ4n) is 1.65. The van der Waals surface area contributed by atoms with E-state index in [1.807, 2.05) is 47.7 Å². The van der Waals surface area contributed by atoms with Crippen LogP contribution in [0.1, 0.15) is 21.5 Å². The van der Waals surface area contributed by atoms with Crippen LogP contribution in [0.2, 0.25) is 0 Å². The molecule has 0 unspecified atom stereocenters. The van der Waals surface area contributed by atoms with Gasteiger partial charge in [-0.15, -0.1) is 0 Å². The number of ketones is 1. The number of carbonyl (C=O) groups is 1. The van der Waals surface area contributed by atoms with Crippen LogP contribution in [0.25, 0.3) is 0 Å². The van der Waals surface area contributed by atoms with Crippen LogP contribution >= 0.6 is 22.6 Å². The molecule has 0 radical (unpaired) electrons. The van der Waals surface area contributed by atoms with Crippen molar-refractivity contribution in [2.45, 2.75) is 6.92 Å². The normalized spacial score (nSPS) is 10.3. The van der Waals surface area contributed by atoms with Gasteiger partial charge in [-0.3, -0.25) is 4.79 Å². The molecule has 0 saturated carbocycles. The number of hydrogen-bond acceptors (Lipinski definition) is 1. The van der Waals surface area contributed by atoms with Crippen LogP contribution in [0, 0.1) is 16.3 Å². The first kappa shape index (κ1) is 12.2. The third-order valence-electron chi connectivity index (χ3n) is 2.57. The van der Waals surface area contributed by atoms with Crippen LogP contribution in [0.3, 0.4) is 0 Å². The third-order valence-corrected chi connectivity index (χ3v) is 3.46. The smallest absolute Gasteiger partial charge is 0.194 e. The standard InChI is InChI=1S/C14H10FIO/c1-9-4-2-3-5-11(9)14(17)12-7-6-10(15)8-13(12)16/h2-8H,1H3. The van der Waals surface area contributed by atoms with Crippen LogP contribution in [0.15, 0.2) is 42.5 Å². The molecule has 3 heteroatoms. The lowest BCUT2D eigenvalue weighted by Gasteiger charge is -2.06. The second-order valence-electron chi connectivity index (χ2n) is 3.77. The highest BCUT2D eigenvalue weighted by molar-refractivity contribution is 14.1. The van der Waals surface area contributed by atoms with Gasteiger partial charge in [-0.1, -0.05) is 24.3 Å². The molecule has 2 rings (SSSR count). The molecule has 0 heterocycles. The molecule has 0 aromatic heterocycles. The lowest BCUT2D eigenvalue weighted by atomic mass is 9.99. The van der Waals surface area contributed by atoms with E-state index >= 15 is 0 Å². The van der Waals surface area contributed by atoms with Crippen molar-refractivity contribution in [2.24, 2.45) is 0 Å². The predicted octanol–water partition coefficient (Wildman–Crippen LogP) is 3.97. The average Bonchev–Trinajstić information content (AvgIpc) is 2.29. The molecule has 0 saturated heterocycles. The minimum absolute atomic E-state index is 0.0625. The number of aryl methyl sites for hydroxylation is 1. The largest absolute Gasteiger partial charge is 0.289 e. The molecule has 0 fully saturated rings. The summed E-state index contributed by atoms with van der Waals surface area (Å²) in [6, 6.07) is 11.6. The SMILES string of the molecule is Cc1ccccc1C(=O)c1ccc(F)cc1I. The molecular weight excluding hydrogens is 330 g/mol. The van der Waals surface area contributed by atoms with Gasteiger partial charge in [0.25, 0.3) is 0 Å². The molecule has 0 atom stereocenters. The van der Waals surface area contributed by atoms with Crippen LogP contribution in [-0.2, 0) is 0 Å². The number of hydrogen-bond donors (Lipinski definition) is 0. The third kappa shape index (κ3) is 2.54. The zero-order valence-corrected chi connectivity index (χ0v) is 11.4. The molecule has 17 heavy (non-hydrogen) atoms. The molecule has 1 nitrogen and oxygen atoms in total. The quantitative estimate of drug-likeness (QED) is 0.597. The second kappa shape index (κ2) is 4.96. The maximum Gasteiger partial charge on any atom is 0.194 e. The van der Waals surface area contributed by atoms with Crippen molar-refractivity contribution < 1.29 is 9.18 Å². The summed E-state index contributed by atoms with van der Waals surface area (Å²) in [5.74, 6) is -0.386. The highest BCUT2D eigenvalue weighted by Gasteiger charge is 2.14. The first-order valence-corrected chi connectivity index (χ1v) is 6.23. The van der Waals surface area contributed by atoms with Crippen molar-refractivity contribution in [3.63, 3.8) is 0 Å². The molecule has 0 aliphatic heterocycles. The first-order valence-electron chi connectivity index (χ1n) is 5.15. The second-order valence-corrected chi connectivity index (χ2v) is 4.93. The topological polar surface area (TPSA) is 17.1 Å². The fraction of sp³-hybridized carbons (Fsp3) is 0.0714. The highest BCUT2D eigenvalue weighted by atomic mass is 127. The summed E-state index contributed by atoms with van der Waals surface area (Å²) in [7, 11) is 0. The van der Waals surface area contributed by atoms with Crippen molar-refractivity contribution >= 4 is 28.4 Å². The van der Waals surface area contributed by atoms with E-state index in [4.69, 9.17) is 0 Å². The van der Waals surface area contributed by atoms with E-state index in [0.29, 0.717) is 14.7 Å². The zero-order valence-electron chi connectivity index (χ0n) is 9.21. The summed E-state index contributed by atoms with van der Waals surface area (Å²) in [6.07, 6.45) is 0. The maximum absolute atomic E-state index is 13.0. The number of rotatable bonds is 2. The Bertz CT molecular complexity index is 578. The minimum Gasteiger partial charge on any atom is -0.289 e. The predicted molar refractivity (Wildman–Crippen MR) is 73.7 cm³/mol. The number of carbonyl (C=O) groups excluding carboxylic acids is 1. The van der Waals surface area contributed by atoms with Gasteiger partial charge < -0.3 is 0 Å². The number of halogens is 2. The molecule has 0 amide bonds. The monoisotopic (exact) mass is 340 g/mol. The summed E-state index contributed by atoms with van der Waals surface area (Å²) < 4.78 is 13.6. The van der Waals surface area contributed by atoms with Crippen molar-refractivity contribution in [1.29, 1.82) is 0 Å². The van der Waals surface area contributed by atoms with E-state index < -0.39 is 0 Å². The Balaban J connectivity index is 2.48. The lowest BCUT2D eigenvalue weighted by Crippen LogP contribution is -2.05. The molecular formula is C14H10FIO. The van der Waals surface area contributed by atoms with Gasteiger partial charge >= 0.3 is 0 Å². The minimum atomic E-state index is -0.323. The summed E-state index contributed by atoms with van der Waals surface area (Å²) in [5.41, 5.74) is 2.14. The van der Waals surface area contributed by atoms with Gasteiger partial charge in [-0.25, -0.2) is 4.39 Å². The fourth-order valence-corrected chi connectivity index (χ4v) is 2.37. The van der Waals surface area contributed by atoms with Gasteiger partial charge in [0, 0.05) is 14.7 Å². The van der Waals surface area contributed by atoms with Gasteiger partial charge in [-0.2, -0.15) is 0 Å². The molecule has 0 aliphatic carbocycles. The van der Waals surface area contributed by atoms with Crippen LogP contribution in [-0.4, -0.2) is 5.78 Å². The van der Waals surface area contributed by atoms with Crippen molar-refractivity contribution in [3.05, 3.63) is 68.5 Å². The molecule has 86 valence electrons. The molecule has 0 spiro atoms. The van der Waals surface area contributed by atoms with E-state index in [2.05, 4.69) is 0 Å². The van der Waals surface area contributed by atoms with E-state index in [1.165, 1.54) is 18.2 Å². The van der Waals surface area contributed by atoms with E-state index in [9.17, 15) is 9.18 Å². The number of benzene rings is 2. The van der Waals surface area contributed by atoms with Gasteiger partial charge in [-0.05, 0) is 53.3 Å². The summed E-state index contributed by atoms with van der Waals surface area (Å²) in [5, 5.41) is 0. The average molecular weight is 340 g/mol. The Morgan fingerprint density at radius 3 is 2.47 bits per heavy atom. The van der Waals surface area contributed by atoms with Crippen LogP contribution < -0.4 is 0 Å². The van der Waals surface area contributed by atoms with Crippen molar-refractivity contribution in [2.75, 3.05) is 0 Å². The molecule has 2 aromatic rings. The maximum atomic E-state index is 13.0. The van der Waals surface area contributed by atoms with Crippen molar-refractivity contribution in [3.8, 4) is 0 Å². The van der Waals surface area contributed by atoms with Crippen LogP contribution in [0.4, 0.5) is 4.39 Å². The Hall–Kier alpha value is -1.23. The van der Waals surface area contributed by atoms with Crippen LogP contribution in [0.5, 0.6) is 0 Å². The zero-order chi connectivity index (χ0) is 12.4. The van der Waals surface area contributed by atoms with Gasteiger partial charge in [0.15, 0.2) is 5.78 Å². The van der Waals surface area contributed by atoms with Gasteiger partial charge in [0.2, 0.25) is 0 Å². The highest BCUT2D eigenvalue weighted by Crippen LogP contribution is 2.19. The molecule has 2 aromatic carbocycles. The van der Waals surface area contributed by atoms with Gasteiger partial charge in [0.05, 0.1) is 0 Å². The Morgan fingerprint density at radius 2 is 1.82 bits per heavy atom. The molecule has 0 bridgehead atoms. The summed E-state index contributed by atoms with van der Waals surface area (Å²) in [4.78, 5) is 12.3. The Morgan fingerprint density at radius 1 is 1.12 bits per heavy atom. The summed E-state index contributed by atoms with van der Waals surface area (Å²) in [6.45, 7) is 1.89. The van der Waals surface area contributed by atoms with E-state index in [0.717, 1.165) is 5.56 Å². The van der Waals surface area contributed by atoms with Gasteiger partial charge in [0.1, 0.15) is 5.82 Å². The van der Waals surface area contributed by atoms with Crippen molar-refractivity contribution in [1.82, 2.24) is 0 Å². The molecule has 0 N–H and O–H groups in total. The van der Waals surface area contributed by atoms with E-state index in [1.54, 1.807) is 6.07 Å². The first-order chi connectivity index (χ1) is 8.09. The molecule has 0 aliphatic rings. The lowest BCUT2D eigenvalue weighted by molar-refractivity contribution is 0.103. The Kier molecular flexibility index (Phi) is 3.57.